The molecule has 1 aromatic rings. The van der Waals surface area contributed by atoms with Crippen LogP contribution in [0.1, 0.15) is 52.4 Å². The summed E-state index contributed by atoms with van der Waals surface area (Å²) in [5.41, 5.74) is 2.48. The second-order valence-electron chi connectivity index (χ2n) is 4.63. The molecule has 3 rings (SSSR count). The van der Waals surface area contributed by atoms with Crippen molar-refractivity contribution < 1.29 is 9.90 Å². The van der Waals surface area contributed by atoms with Crippen molar-refractivity contribution in [2.24, 2.45) is 0 Å². The minimum atomic E-state index is -1.09. The third-order valence-electron chi connectivity index (χ3n) is 3.50. The van der Waals surface area contributed by atoms with Gasteiger partial charge >= 0.3 is 5.97 Å². The summed E-state index contributed by atoms with van der Waals surface area (Å²) in [6.07, 6.45) is 4.86. The number of hydrogen-bond donors (Lipinski definition) is 2. The van der Waals surface area contributed by atoms with Crippen LogP contribution < -0.4 is 5.56 Å². The predicted molar refractivity (Wildman–Crippen MR) is 58.0 cm³/mol. The lowest BCUT2D eigenvalue weighted by molar-refractivity contribution is 0.0693. The molecule has 4 nitrogen and oxygen atoms in total. The molecule has 0 aliphatic heterocycles. The van der Waals surface area contributed by atoms with Gasteiger partial charge < -0.3 is 10.1 Å². The summed E-state index contributed by atoms with van der Waals surface area (Å²) >= 11 is 0. The van der Waals surface area contributed by atoms with E-state index in [1.54, 1.807) is 0 Å². The maximum Gasteiger partial charge on any atom is 0.341 e. The number of fused-ring (bicyclic) bond motifs is 1. The van der Waals surface area contributed by atoms with E-state index in [0.717, 1.165) is 48.9 Å². The highest BCUT2D eigenvalue weighted by Gasteiger charge is 2.34. The Morgan fingerprint density at radius 1 is 1.31 bits per heavy atom. The Labute approximate surface area is 92.3 Å². The summed E-state index contributed by atoms with van der Waals surface area (Å²) in [7, 11) is 0. The van der Waals surface area contributed by atoms with Crippen molar-refractivity contribution in [3.8, 4) is 0 Å². The molecule has 1 saturated carbocycles. The Hall–Kier alpha value is -1.58. The lowest BCUT2D eigenvalue weighted by Crippen LogP contribution is -2.23. The minimum absolute atomic E-state index is 0.0110. The maximum atomic E-state index is 11.7. The van der Waals surface area contributed by atoms with Crippen molar-refractivity contribution in [1.82, 2.24) is 4.98 Å². The van der Waals surface area contributed by atoms with Crippen LogP contribution in [0.2, 0.25) is 0 Å². The molecule has 1 aromatic heterocycles. The van der Waals surface area contributed by atoms with Crippen LogP contribution in [0.25, 0.3) is 0 Å². The first-order valence-electron chi connectivity index (χ1n) is 5.69. The quantitative estimate of drug-likeness (QED) is 0.790. The standard InChI is InChI=1S/C12H13NO3/c14-11-10(12(15)16)9(6-4-5-6)7-2-1-3-8(7)13-11/h6H,1-5H2,(H,13,14)(H,15,16). The molecule has 2 aliphatic carbocycles. The van der Waals surface area contributed by atoms with E-state index in [1.807, 2.05) is 0 Å². The summed E-state index contributed by atoms with van der Waals surface area (Å²) in [5.74, 6) is -0.766. The Morgan fingerprint density at radius 2 is 2.06 bits per heavy atom. The van der Waals surface area contributed by atoms with E-state index < -0.39 is 11.5 Å². The molecule has 16 heavy (non-hydrogen) atoms. The molecular formula is C12H13NO3. The second-order valence-corrected chi connectivity index (χ2v) is 4.63. The zero-order valence-electron chi connectivity index (χ0n) is 8.88. The fourth-order valence-electron chi connectivity index (χ4n) is 2.69. The molecule has 1 fully saturated rings. The molecule has 0 unspecified atom stereocenters. The van der Waals surface area contributed by atoms with Gasteiger partial charge in [0.25, 0.3) is 5.56 Å². The van der Waals surface area contributed by atoms with Crippen molar-refractivity contribution >= 4 is 5.97 Å². The Balaban J connectivity index is 2.31. The molecule has 84 valence electrons. The molecule has 0 amide bonds. The Bertz CT molecular complexity index is 526. The normalized spacial score (nSPS) is 18.5. The summed E-state index contributed by atoms with van der Waals surface area (Å²) in [6, 6.07) is 0. The first-order valence-corrected chi connectivity index (χ1v) is 5.69. The fraction of sp³-hybridized carbons (Fsp3) is 0.500. The van der Waals surface area contributed by atoms with Gasteiger partial charge in [-0.1, -0.05) is 0 Å². The van der Waals surface area contributed by atoms with Gasteiger partial charge in [-0.15, -0.1) is 0 Å². The SMILES string of the molecule is O=C(O)c1c(C2CC2)c2c([nH]c1=O)CCC2. The van der Waals surface area contributed by atoms with Gasteiger partial charge in [0.2, 0.25) is 0 Å². The first-order chi connectivity index (χ1) is 7.68. The van der Waals surface area contributed by atoms with Gasteiger partial charge in [-0.3, -0.25) is 4.79 Å². The average molecular weight is 219 g/mol. The Morgan fingerprint density at radius 3 is 2.69 bits per heavy atom. The zero-order chi connectivity index (χ0) is 11.3. The number of carbonyl (C=O) groups is 1. The number of nitrogens with one attached hydrogen (secondary N) is 1. The van der Waals surface area contributed by atoms with E-state index in [2.05, 4.69) is 4.98 Å². The van der Waals surface area contributed by atoms with E-state index in [-0.39, 0.29) is 5.56 Å². The number of aromatic carboxylic acids is 1. The third-order valence-corrected chi connectivity index (χ3v) is 3.50. The van der Waals surface area contributed by atoms with Gasteiger partial charge in [0.05, 0.1) is 0 Å². The van der Waals surface area contributed by atoms with Crippen molar-refractivity contribution in [3.63, 3.8) is 0 Å². The summed E-state index contributed by atoms with van der Waals surface area (Å²) in [6.45, 7) is 0. The van der Waals surface area contributed by atoms with Crippen LogP contribution in [0, 0.1) is 0 Å². The maximum absolute atomic E-state index is 11.7. The first kappa shape index (κ1) is 9.63. The van der Waals surface area contributed by atoms with E-state index in [9.17, 15) is 9.59 Å². The van der Waals surface area contributed by atoms with Crippen LogP contribution in [0.15, 0.2) is 4.79 Å². The molecule has 0 spiro atoms. The smallest absolute Gasteiger partial charge is 0.341 e. The van der Waals surface area contributed by atoms with Crippen LogP contribution in [-0.4, -0.2) is 16.1 Å². The number of aromatic nitrogens is 1. The van der Waals surface area contributed by atoms with E-state index in [4.69, 9.17) is 5.11 Å². The molecular weight excluding hydrogens is 206 g/mol. The molecule has 2 N–H and O–H groups in total. The monoisotopic (exact) mass is 219 g/mol. The summed E-state index contributed by atoms with van der Waals surface area (Å²) in [5, 5.41) is 9.13. The topological polar surface area (TPSA) is 70.2 Å². The van der Waals surface area contributed by atoms with Crippen LogP contribution in [0.3, 0.4) is 0 Å². The van der Waals surface area contributed by atoms with Gasteiger partial charge in [-0.05, 0) is 49.1 Å². The molecule has 0 radical (unpaired) electrons. The predicted octanol–water partition coefficient (Wildman–Crippen LogP) is 1.44. The highest BCUT2D eigenvalue weighted by molar-refractivity contribution is 5.90. The van der Waals surface area contributed by atoms with Crippen LogP contribution in [-0.2, 0) is 12.8 Å². The van der Waals surface area contributed by atoms with Gasteiger partial charge in [-0.2, -0.15) is 0 Å². The van der Waals surface area contributed by atoms with Crippen LogP contribution in [0.5, 0.6) is 0 Å². The third kappa shape index (κ3) is 1.29. The van der Waals surface area contributed by atoms with E-state index in [1.165, 1.54) is 0 Å². The minimum Gasteiger partial charge on any atom is -0.477 e. The van der Waals surface area contributed by atoms with Gasteiger partial charge in [0, 0.05) is 5.69 Å². The number of pyridine rings is 1. The zero-order valence-corrected chi connectivity index (χ0v) is 8.88. The summed E-state index contributed by atoms with van der Waals surface area (Å²) < 4.78 is 0. The van der Waals surface area contributed by atoms with Gasteiger partial charge in [-0.25, -0.2) is 4.79 Å². The molecule has 4 heteroatoms. The molecule has 0 saturated heterocycles. The average Bonchev–Trinajstić information content (AvgIpc) is 2.95. The van der Waals surface area contributed by atoms with Crippen LogP contribution in [0.4, 0.5) is 0 Å². The summed E-state index contributed by atoms with van der Waals surface area (Å²) in [4.78, 5) is 25.6. The fourth-order valence-corrected chi connectivity index (χ4v) is 2.69. The number of aromatic amines is 1. The Kier molecular flexibility index (Phi) is 1.93. The molecule has 0 aromatic carbocycles. The van der Waals surface area contributed by atoms with Crippen molar-refractivity contribution in [2.45, 2.75) is 38.0 Å². The molecule has 1 heterocycles. The second kappa shape index (κ2) is 3.20. The molecule has 0 bridgehead atoms. The number of H-pyrrole nitrogens is 1. The molecule has 0 atom stereocenters. The lowest BCUT2D eigenvalue weighted by Gasteiger charge is -2.10. The number of hydrogen-bond acceptors (Lipinski definition) is 2. The van der Waals surface area contributed by atoms with Gasteiger partial charge in [0.15, 0.2) is 0 Å². The van der Waals surface area contributed by atoms with Gasteiger partial charge in [0.1, 0.15) is 5.56 Å². The highest BCUT2D eigenvalue weighted by Crippen LogP contribution is 2.44. The lowest BCUT2D eigenvalue weighted by atomic mass is 9.98. The van der Waals surface area contributed by atoms with Crippen molar-refractivity contribution in [2.75, 3.05) is 0 Å². The van der Waals surface area contributed by atoms with E-state index >= 15 is 0 Å². The number of carboxylic acids is 1. The van der Waals surface area contributed by atoms with E-state index in [0.29, 0.717) is 5.92 Å². The highest BCUT2D eigenvalue weighted by atomic mass is 16.4. The van der Waals surface area contributed by atoms with Crippen molar-refractivity contribution in [3.05, 3.63) is 32.7 Å². The van der Waals surface area contributed by atoms with Crippen molar-refractivity contribution in [1.29, 1.82) is 0 Å². The number of aryl methyl sites for hydroxylation is 1. The largest absolute Gasteiger partial charge is 0.477 e. The number of rotatable bonds is 2. The molecule has 2 aliphatic rings. The van der Waals surface area contributed by atoms with Crippen LogP contribution >= 0.6 is 0 Å². The number of carboxylic acid groups (broad SMARTS) is 1.